The van der Waals surface area contributed by atoms with E-state index in [1.54, 1.807) is 0 Å². The summed E-state index contributed by atoms with van der Waals surface area (Å²) in [6.45, 7) is 0. The van der Waals surface area contributed by atoms with Crippen LogP contribution in [0.2, 0.25) is 0 Å². The first-order valence-corrected chi connectivity index (χ1v) is 15.6. The molecule has 0 amide bonds. The number of rotatable bonds is 6. The van der Waals surface area contributed by atoms with Gasteiger partial charge in [-0.1, -0.05) is 140 Å². The summed E-state index contributed by atoms with van der Waals surface area (Å²) >= 11 is 0. The Morgan fingerprint density at radius 1 is 0.413 bits per heavy atom. The maximum atomic E-state index is 5.05. The normalized spacial score (nSPS) is 12.7. The summed E-state index contributed by atoms with van der Waals surface area (Å²) in [7, 11) is 0. The van der Waals surface area contributed by atoms with Crippen molar-refractivity contribution in [3.05, 3.63) is 163 Å². The van der Waals surface area contributed by atoms with E-state index in [9.17, 15) is 0 Å². The molecule has 0 atom stereocenters. The topological polar surface area (TPSA) is 51.6 Å². The number of hydrogen-bond acceptors (Lipinski definition) is 4. The second-order valence-corrected chi connectivity index (χ2v) is 11.4. The van der Waals surface area contributed by atoms with Crippen molar-refractivity contribution < 1.29 is 0 Å². The predicted molar refractivity (Wildman–Crippen MR) is 189 cm³/mol. The average molecular weight is 591 g/mol. The number of nitrogens with zero attached hydrogens (tertiary/aromatic N) is 4. The van der Waals surface area contributed by atoms with E-state index in [-0.39, 0.29) is 0 Å². The van der Waals surface area contributed by atoms with Crippen molar-refractivity contribution in [2.24, 2.45) is 0 Å². The third-order valence-corrected chi connectivity index (χ3v) is 8.33. The van der Waals surface area contributed by atoms with Gasteiger partial charge in [-0.05, 0) is 42.2 Å². The Labute approximate surface area is 268 Å². The highest BCUT2D eigenvalue weighted by molar-refractivity contribution is 5.93. The minimum Gasteiger partial charge on any atom is -0.228 e. The van der Waals surface area contributed by atoms with Gasteiger partial charge in [0, 0.05) is 33.2 Å². The molecule has 0 radical (unpaired) electrons. The zero-order valence-electron chi connectivity index (χ0n) is 25.2. The first-order valence-electron chi connectivity index (χ1n) is 15.6. The van der Waals surface area contributed by atoms with E-state index in [4.69, 9.17) is 19.9 Å². The fourth-order valence-electron chi connectivity index (χ4n) is 5.96. The van der Waals surface area contributed by atoms with Crippen LogP contribution in [0.4, 0.5) is 0 Å². The van der Waals surface area contributed by atoms with Crippen LogP contribution in [0, 0.1) is 0 Å². The SMILES string of the molecule is C1=CC(c2cccc(-c3cc(-c4ccc(-c5nc(-c6ccccc6)c6ccccc6n5)cc4)nc(-c4ccccc4)n3)c2)=CCC1. The van der Waals surface area contributed by atoms with Crippen LogP contribution in [0.15, 0.2) is 158 Å². The molecule has 8 rings (SSSR count). The fraction of sp³-hybridized carbons (Fsp3) is 0.0476. The Bertz CT molecular complexity index is 2240. The first-order chi connectivity index (χ1) is 22.8. The first kappa shape index (κ1) is 27.5. The van der Waals surface area contributed by atoms with E-state index < -0.39 is 0 Å². The van der Waals surface area contributed by atoms with Crippen molar-refractivity contribution in [2.45, 2.75) is 12.8 Å². The Morgan fingerprint density at radius 2 is 1.02 bits per heavy atom. The Balaban J connectivity index is 1.20. The third-order valence-electron chi connectivity index (χ3n) is 8.33. The molecule has 5 aromatic carbocycles. The van der Waals surface area contributed by atoms with Gasteiger partial charge in [-0.25, -0.2) is 19.9 Å². The van der Waals surface area contributed by atoms with Gasteiger partial charge in [0.15, 0.2) is 11.6 Å². The zero-order chi connectivity index (χ0) is 30.7. The van der Waals surface area contributed by atoms with E-state index >= 15 is 0 Å². The molecule has 1 aliphatic rings. The quantitative estimate of drug-likeness (QED) is 0.193. The summed E-state index contributed by atoms with van der Waals surface area (Å²) < 4.78 is 0. The number of benzene rings is 5. The van der Waals surface area contributed by atoms with E-state index in [2.05, 4.69) is 103 Å². The minimum absolute atomic E-state index is 0.695. The summed E-state index contributed by atoms with van der Waals surface area (Å²) in [5, 5.41) is 1.04. The molecule has 2 heterocycles. The summed E-state index contributed by atoms with van der Waals surface area (Å²) in [6.07, 6.45) is 8.93. The molecule has 0 N–H and O–H groups in total. The van der Waals surface area contributed by atoms with E-state index in [0.717, 1.165) is 68.6 Å². The van der Waals surface area contributed by atoms with Crippen LogP contribution >= 0.6 is 0 Å². The standard InChI is InChI=1S/C42H30N4/c1-4-13-29(14-5-1)34-19-12-20-35(27-34)39-28-38(44-41(45-39)32-17-8-3-9-18-32)30-23-25-33(26-24-30)42-43-37-22-11-10-21-36(37)40(46-42)31-15-6-2-7-16-31/h2-4,6-28H,1,5H2. The number of para-hydroxylation sites is 1. The van der Waals surface area contributed by atoms with Crippen molar-refractivity contribution >= 4 is 16.5 Å². The molecular weight excluding hydrogens is 560 g/mol. The van der Waals surface area contributed by atoms with Crippen molar-refractivity contribution in [2.75, 3.05) is 0 Å². The smallest absolute Gasteiger partial charge is 0.160 e. The van der Waals surface area contributed by atoms with Crippen LogP contribution in [0.1, 0.15) is 18.4 Å². The molecule has 0 saturated heterocycles. The second-order valence-electron chi connectivity index (χ2n) is 11.4. The lowest BCUT2D eigenvalue weighted by Crippen LogP contribution is -1.97. The van der Waals surface area contributed by atoms with E-state index in [0.29, 0.717) is 11.6 Å². The van der Waals surface area contributed by atoms with Crippen molar-refractivity contribution in [3.63, 3.8) is 0 Å². The molecular formula is C42H30N4. The number of aromatic nitrogens is 4. The number of hydrogen-bond donors (Lipinski definition) is 0. The largest absolute Gasteiger partial charge is 0.228 e. The van der Waals surface area contributed by atoms with Crippen LogP contribution < -0.4 is 0 Å². The number of allylic oxidation sites excluding steroid dienone is 4. The van der Waals surface area contributed by atoms with Gasteiger partial charge in [0.25, 0.3) is 0 Å². The highest BCUT2D eigenvalue weighted by Crippen LogP contribution is 2.32. The molecule has 218 valence electrons. The molecule has 4 nitrogen and oxygen atoms in total. The van der Waals surface area contributed by atoms with Gasteiger partial charge in [-0.3, -0.25) is 0 Å². The molecule has 0 saturated carbocycles. The average Bonchev–Trinajstić information content (AvgIpc) is 3.15. The van der Waals surface area contributed by atoms with Gasteiger partial charge in [-0.15, -0.1) is 0 Å². The van der Waals surface area contributed by atoms with Crippen molar-refractivity contribution in [3.8, 4) is 56.5 Å². The Kier molecular flexibility index (Phi) is 7.29. The van der Waals surface area contributed by atoms with E-state index in [1.807, 2.05) is 54.6 Å². The van der Waals surface area contributed by atoms with Crippen LogP contribution in [0.25, 0.3) is 73.0 Å². The van der Waals surface area contributed by atoms with Crippen molar-refractivity contribution in [1.29, 1.82) is 0 Å². The van der Waals surface area contributed by atoms with Crippen LogP contribution in [-0.2, 0) is 0 Å². The molecule has 7 aromatic rings. The molecule has 0 bridgehead atoms. The number of fused-ring (bicyclic) bond motifs is 1. The molecule has 4 heteroatoms. The maximum Gasteiger partial charge on any atom is 0.160 e. The summed E-state index contributed by atoms with van der Waals surface area (Å²) in [5.41, 5.74) is 11.1. The molecule has 0 fully saturated rings. The lowest BCUT2D eigenvalue weighted by Gasteiger charge is -2.12. The third kappa shape index (κ3) is 5.53. The van der Waals surface area contributed by atoms with E-state index in [1.165, 1.54) is 11.1 Å². The van der Waals surface area contributed by atoms with Crippen molar-refractivity contribution in [1.82, 2.24) is 19.9 Å². The van der Waals surface area contributed by atoms with Crippen LogP contribution in [0.5, 0.6) is 0 Å². The molecule has 1 aliphatic carbocycles. The fourth-order valence-corrected chi connectivity index (χ4v) is 5.96. The van der Waals surface area contributed by atoms with Gasteiger partial charge < -0.3 is 0 Å². The van der Waals surface area contributed by atoms with Crippen LogP contribution in [0.3, 0.4) is 0 Å². The molecule has 2 aromatic heterocycles. The Hall–Kier alpha value is -6.00. The summed E-state index contributed by atoms with van der Waals surface area (Å²) in [4.78, 5) is 20.1. The van der Waals surface area contributed by atoms with Gasteiger partial charge in [0.2, 0.25) is 0 Å². The second kappa shape index (κ2) is 12.2. The minimum atomic E-state index is 0.695. The monoisotopic (exact) mass is 590 g/mol. The van der Waals surface area contributed by atoms with Gasteiger partial charge in [-0.2, -0.15) is 0 Å². The van der Waals surface area contributed by atoms with Gasteiger partial charge in [0.1, 0.15) is 0 Å². The highest BCUT2D eigenvalue weighted by atomic mass is 14.9. The van der Waals surface area contributed by atoms with Gasteiger partial charge >= 0.3 is 0 Å². The molecule has 0 unspecified atom stereocenters. The predicted octanol–water partition coefficient (Wildman–Crippen LogP) is 10.5. The lowest BCUT2D eigenvalue weighted by molar-refractivity contribution is 1.04. The summed E-state index contributed by atoms with van der Waals surface area (Å²) in [5.74, 6) is 1.39. The Morgan fingerprint density at radius 3 is 1.78 bits per heavy atom. The molecule has 46 heavy (non-hydrogen) atoms. The van der Waals surface area contributed by atoms with Gasteiger partial charge in [0.05, 0.1) is 22.6 Å². The lowest BCUT2D eigenvalue weighted by atomic mass is 9.97. The maximum absolute atomic E-state index is 5.05. The highest BCUT2D eigenvalue weighted by Gasteiger charge is 2.14. The zero-order valence-corrected chi connectivity index (χ0v) is 25.2. The molecule has 0 spiro atoms. The summed E-state index contributed by atoms with van der Waals surface area (Å²) in [6, 6.07) is 47.8. The van der Waals surface area contributed by atoms with Crippen LogP contribution in [-0.4, -0.2) is 19.9 Å². The molecule has 0 aliphatic heterocycles.